The first-order chi connectivity index (χ1) is 8.83. The van der Waals surface area contributed by atoms with E-state index in [0.29, 0.717) is 11.8 Å². The van der Waals surface area contributed by atoms with Gasteiger partial charge in [-0.25, -0.2) is 4.79 Å². The Labute approximate surface area is 107 Å². The summed E-state index contributed by atoms with van der Waals surface area (Å²) >= 11 is 0. The number of hydrogen-bond acceptors (Lipinski definition) is 3. The molecule has 3 rings (SSSR count). The number of benzene rings is 1. The minimum absolute atomic E-state index is 0.253. The molecule has 0 aliphatic carbocycles. The smallest absolute Gasteiger partial charge is 0.410 e. The van der Waals surface area contributed by atoms with Crippen molar-refractivity contribution >= 4 is 6.09 Å². The number of ether oxygens (including phenoxy) is 1. The Hall–Kier alpha value is -1.55. The van der Waals surface area contributed by atoms with Gasteiger partial charge in [-0.05, 0) is 37.9 Å². The van der Waals surface area contributed by atoms with Crippen molar-refractivity contribution in [3.63, 3.8) is 0 Å². The predicted molar refractivity (Wildman–Crippen MR) is 68.6 cm³/mol. The van der Waals surface area contributed by atoms with Gasteiger partial charge in [0.1, 0.15) is 5.75 Å². The van der Waals surface area contributed by atoms with Gasteiger partial charge in [0.15, 0.2) is 0 Å². The second-order valence-corrected chi connectivity index (χ2v) is 4.99. The van der Waals surface area contributed by atoms with Crippen LogP contribution in [0.4, 0.5) is 4.79 Å². The molecule has 1 amide bonds. The van der Waals surface area contributed by atoms with E-state index in [1.54, 1.807) is 12.1 Å². The number of para-hydroxylation sites is 1. The van der Waals surface area contributed by atoms with Crippen molar-refractivity contribution in [2.45, 2.75) is 31.3 Å². The summed E-state index contributed by atoms with van der Waals surface area (Å²) in [5.41, 5.74) is 0. The molecule has 2 heterocycles. The Morgan fingerprint density at radius 2 is 2.06 bits per heavy atom. The molecule has 2 fully saturated rings. The number of nitrogens with zero attached hydrogens (tertiary/aromatic N) is 1. The highest BCUT2D eigenvalue weighted by atomic mass is 16.6. The number of carbonyl (C=O) groups excluding carboxylic acids is 1. The van der Waals surface area contributed by atoms with E-state index >= 15 is 0 Å². The average molecular weight is 246 g/mol. The Balaban J connectivity index is 1.55. The van der Waals surface area contributed by atoms with Crippen molar-refractivity contribution in [3.05, 3.63) is 30.3 Å². The monoisotopic (exact) mass is 246 g/mol. The SMILES string of the molecule is O=C(NC1CCN2CCCC12)Oc1ccccc1. The summed E-state index contributed by atoms with van der Waals surface area (Å²) in [5.74, 6) is 0.594. The Morgan fingerprint density at radius 3 is 2.89 bits per heavy atom. The van der Waals surface area contributed by atoms with Gasteiger partial charge in [0.05, 0.1) is 0 Å². The number of nitrogens with one attached hydrogen (secondary N) is 1. The van der Waals surface area contributed by atoms with Crippen LogP contribution < -0.4 is 10.1 Å². The fraction of sp³-hybridized carbons (Fsp3) is 0.500. The standard InChI is InChI=1S/C14H18N2O2/c17-14(18-11-5-2-1-3-6-11)15-12-8-10-16-9-4-7-13(12)16/h1-3,5-6,12-13H,4,7-10H2,(H,15,17). The van der Waals surface area contributed by atoms with Crippen LogP contribution in [-0.2, 0) is 0 Å². The molecule has 4 heteroatoms. The van der Waals surface area contributed by atoms with Gasteiger partial charge in [0.2, 0.25) is 0 Å². The first kappa shape index (κ1) is 11.5. The molecular formula is C14H18N2O2. The lowest BCUT2D eigenvalue weighted by atomic mass is 10.1. The molecule has 2 aliphatic heterocycles. The average Bonchev–Trinajstić information content (AvgIpc) is 2.95. The van der Waals surface area contributed by atoms with Crippen molar-refractivity contribution in [1.82, 2.24) is 10.2 Å². The third kappa shape index (κ3) is 2.34. The first-order valence-electron chi connectivity index (χ1n) is 6.60. The normalized spacial score (nSPS) is 26.9. The van der Waals surface area contributed by atoms with Crippen LogP contribution >= 0.6 is 0 Å². The van der Waals surface area contributed by atoms with Crippen LogP contribution in [0.5, 0.6) is 5.75 Å². The zero-order chi connectivity index (χ0) is 12.4. The van der Waals surface area contributed by atoms with Crippen molar-refractivity contribution < 1.29 is 9.53 Å². The number of amides is 1. The van der Waals surface area contributed by atoms with Gasteiger partial charge in [0, 0.05) is 18.6 Å². The molecule has 2 aliphatic rings. The van der Waals surface area contributed by atoms with Gasteiger partial charge in [-0.15, -0.1) is 0 Å². The molecule has 1 N–H and O–H groups in total. The second kappa shape index (κ2) is 4.98. The topological polar surface area (TPSA) is 41.6 Å². The summed E-state index contributed by atoms with van der Waals surface area (Å²) in [7, 11) is 0. The fourth-order valence-electron chi connectivity index (χ4n) is 3.03. The van der Waals surface area contributed by atoms with E-state index in [1.807, 2.05) is 18.2 Å². The third-order valence-electron chi connectivity index (χ3n) is 3.86. The van der Waals surface area contributed by atoms with E-state index < -0.39 is 0 Å². The third-order valence-corrected chi connectivity index (χ3v) is 3.86. The molecular weight excluding hydrogens is 228 g/mol. The summed E-state index contributed by atoms with van der Waals surface area (Å²) in [6.07, 6.45) is 3.14. The zero-order valence-corrected chi connectivity index (χ0v) is 10.3. The molecule has 2 atom stereocenters. The molecule has 1 aromatic carbocycles. The van der Waals surface area contributed by atoms with Gasteiger partial charge in [-0.3, -0.25) is 4.90 Å². The summed E-state index contributed by atoms with van der Waals surface area (Å²) in [4.78, 5) is 14.3. The van der Waals surface area contributed by atoms with Gasteiger partial charge >= 0.3 is 6.09 Å². The molecule has 0 radical (unpaired) electrons. The fourth-order valence-corrected chi connectivity index (χ4v) is 3.03. The van der Waals surface area contributed by atoms with Crippen LogP contribution in [0.1, 0.15) is 19.3 Å². The number of fused-ring (bicyclic) bond motifs is 1. The Morgan fingerprint density at radius 1 is 1.22 bits per heavy atom. The number of rotatable bonds is 2. The van der Waals surface area contributed by atoms with Crippen molar-refractivity contribution in [1.29, 1.82) is 0 Å². The lowest BCUT2D eigenvalue weighted by Crippen LogP contribution is -2.43. The van der Waals surface area contributed by atoms with Crippen LogP contribution in [0, 0.1) is 0 Å². The van der Waals surface area contributed by atoms with Crippen LogP contribution in [-0.4, -0.2) is 36.2 Å². The van der Waals surface area contributed by atoms with Gasteiger partial charge in [0.25, 0.3) is 0 Å². The minimum Gasteiger partial charge on any atom is -0.410 e. The quantitative estimate of drug-likeness (QED) is 0.868. The van der Waals surface area contributed by atoms with E-state index in [2.05, 4.69) is 10.2 Å². The molecule has 1 aromatic rings. The highest BCUT2D eigenvalue weighted by Gasteiger charge is 2.38. The highest BCUT2D eigenvalue weighted by molar-refractivity contribution is 5.70. The molecule has 0 bridgehead atoms. The van der Waals surface area contributed by atoms with E-state index in [-0.39, 0.29) is 12.1 Å². The van der Waals surface area contributed by atoms with E-state index in [0.717, 1.165) is 13.0 Å². The Bertz CT molecular complexity index is 421. The maximum atomic E-state index is 11.8. The number of carbonyl (C=O) groups is 1. The first-order valence-corrected chi connectivity index (χ1v) is 6.60. The summed E-state index contributed by atoms with van der Waals surface area (Å²) in [5, 5.41) is 3.00. The molecule has 2 saturated heterocycles. The van der Waals surface area contributed by atoms with Crippen molar-refractivity contribution in [2.24, 2.45) is 0 Å². The molecule has 18 heavy (non-hydrogen) atoms. The van der Waals surface area contributed by atoms with Gasteiger partial charge in [-0.2, -0.15) is 0 Å². The predicted octanol–water partition coefficient (Wildman–Crippen LogP) is 2.01. The lowest BCUT2D eigenvalue weighted by Gasteiger charge is -2.20. The minimum atomic E-state index is -0.333. The van der Waals surface area contributed by atoms with Crippen LogP contribution in [0.15, 0.2) is 30.3 Å². The Kier molecular flexibility index (Phi) is 3.19. The zero-order valence-electron chi connectivity index (χ0n) is 10.3. The molecule has 0 saturated carbocycles. The summed E-state index contributed by atoms with van der Waals surface area (Å²) in [6.45, 7) is 2.28. The second-order valence-electron chi connectivity index (χ2n) is 4.99. The van der Waals surface area contributed by atoms with Gasteiger partial charge < -0.3 is 10.1 Å². The summed E-state index contributed by atoms with van der Waals surface area (Å²) in [6, 6.07) is 9.97. The number of hydrogen-bond donors (Lipinski definition) is 1. The lowest BCUT2D eigenvalue weighted by molar-refractivity contribution is 0.192. The van der Waals surface area contributed by atoms with Crippen LogP contribution in [0.2, 0.25) is 0 Å². The molecule has 2 unspecified atom stereocenters. The van der Waals surface area contributed by atoms with E-state index in [9.17, 15) is 4.79 Å². The van der Waals surface area contributed by atoms with Crippen LogP contribution in [0.3, 0.4) is 0 Å². The molecule has 96 valence electrons. The molecule has 0 aromatic heterocycles. The molecule has 0 spiro atoms. The largest absolute Gasteiger partial charge is 0.412 e. The maximum Gasteiger partial charge on any atom is 0.412 e. The van der Waals surface area contributed by atoms with Crippen molar-refractivity contribution in [2.75, 3.05) is 13.1 Å². The highest BCUT2D eigenvalue weighted by Crippen LogP contribution is 2.27. The molecule has 4 nitrogen and oxygen atoms in total. The van der Waals surface area contributed by atoms with Crippen molar-refractivity contribution in [3.8, 4) is 5.75 Å². The van der Waals surface area contributed by atoms with E-state index in [4.69, 9.17) is 4.74 Å². The van der Waals surface area contributed by atoms with Gasteiger partial charge in [-0.1, -0.05) is 18.2 Å². The maximum absolute atomic E-state index is 11.8. The van der Waals surface area contributed by atoms with E-state index in [1.165, 1.54) is 19.4 Å². The van der Waals surface area contributed by atoms with Crippen LogP contribution in [0.25, 0.3) is 0 Å². The summed E-state index contributed by atoms with van der Waals surface area (Å²) < 4.78 is 5.26.